The predicted molar refractivity (Wildman–Crippen MR) is 56.9 cm³/mol. The lowest BCUT2D eigenvalue weighted by Gasteiger charge is -2.09. The smallest absolute Gasteiger partial charge is 0.342 e. The summed E-state index contributed by atoms with van der Waals surface area (Å²) in [7, 11) is 2.98. The molecule has 0 aliphatic carbocycles. The molecule has 0 spiro atoms. The van der Waals surface area contributed by atoms with E-state index >= 15 is 0 Å². The van der Waals surface area contributed by atoms with Gasteiger partial charge in [0.1, 0.15) is 23.7 Å². The zero-order chi connectivity index (χ0) is 12.0. The van der Waals surface area contributed by atoms with Gasteiger partial charge in [-0.15, -0.1) is 0 Å². The molecule has 0 unspecified atom stereocenters. The molecule has 0 saturated heterocycles. The molecule has 0 fully saturated rings. The summed E-state index contributed by atoms with van der Waals surface area (Å²) in [5.41, 5.74) is 0.303. The van der Waals surface area contributed by atoms with E-state index in [0.29, 0.717) is 17.1 Å². The molecule has 0 bridgehead atoms. The number of methoxy groups -OCH3 is 2. The van der Waals surface area contributed by atoms with Crippen molar-refractivity contribution in [1.29, 1.82) is 0 Å². The maximum Gasteiger partial charge on any atom is 0.342 e. The van der Waals surface area contributed by atoms with Gasteiger partial charge >= 0.3 is 5.97 Å². The number of aliphatic hydroxyl groups excluding tert-OH is 1. The Kier molecular flexibility index (Phi) is 4.60. The second kappa shape index (κ2) is 5.97. The third-order valence-corrected chi connectivity index (χ3v) is 1.95. The highest BCUT2D eigenvalue weighted by Gasteiger charge is 2.14. The number of rotatable bonds is 5. The van der Waals surface area contributed by atoms with Gasteiger partial charge in [0, 0.05) is 6.07 Å². The fraction of sp³-hybridized carbons (Fsp3) is 0.364. The van der Waals surface area contributed by atoms with Crippen molar-refractivity contribution in [3.05, 3.63) is 23.8 Å². The number of ether oxygens (including phenoxy) is 3. The number of benzene rings is 1. The lowest BCUT2D eigenvalue weighted by atomic mass is 10.2. The Bertz CT molecular complexity index is 361. The molecule has 1 aromatic rings. The second-order valence-corrected chi connectivity index (χ2v) is 2.93. The molecule has 0 aliphatic rings. The highest BCUT2D eigenvalue weighted by Crippen LogP contribution is 2.24. The average molecular weight is 226 g/mol. The Hall–Kier alpha value is -1.75. The van der Waals surface area contributed by atoms with E-state index in [9.17, 15) is 4.79 Å². The molecular formula is C11H14O5. The van der Waals surface area contributed by atoms with E-state index in [1.165, 1.54) is 14.2 Å². The summed E-state index contributed by atoms with van der Waals surface area (Å²) in [4.78, 5) is 11.5. The summed E-state index contributed by atoms with van der Waals surface area (Å²) in [6, 6.07) is 4.78. The lowest BCUT2D eigenvalue weighted by molar-refractivity contribution is 0.0430. The largest absolute Gasteiger partial charge is 0.497 e. The van der Waals surface area contributed by atoms with Crippen LogP contribution in [0.3, 0.4) is 0 Å². The summed E-state index contributed by atoms with van der Waals surface area (Å²) in [6.45, 7) is -0.238. The van der Waals surface area contributed by atoms with Gasteiger partial charge in [0.2, 0.25) is 0 Å². The van der Waals surface area contributed by atoms with Crippen LogP contribution in [0.1, 0.15) is 10.4 Å². The van der Waals surface area contributed by atoms with Crippen molar-refractivity contribution in [3.8, 4) is 11.5 Å². The summed E-state index contributed by atoms with van der Waals surface area (Å²) < 4.78 is 14.8. The van der Waals surface area contributed by atoms with Gasteiger partial charge in [-0.05, 0) is 12.1 Å². The molecule has 0 amide bonds. The predicted octanol–water partition coefficient (Wildman–Crippen LogP) is 0.853. The highest BCUT2D eigenvalue weighted by molar-refractivity contribution is 5.92. The molecule has 88 valence electrons. The van der Waals surface area contributed by atoms with Gasteiger partial charge in [0.15, 0.2) is 0 Å². The number of carbonyl (C=O) groups excluding carboxylic acids is 1. The van der Waals surface area contributed by atoms with Gasteiger partial charge in [0.25, 0.3) is 0 Å². The zero-order valence-corrected chi connectivity index (χ0v) is 9.23. The first kappa shape index (κ1) is 12.3. The van der Waals surface area contributed by atoms with Crippen LogP contribution in [0.2, 0.25) is 0 Å². The molecule has 0 radical (unpaired) electrons. The van der Waals surface area contributed by atoms with Crippen LogP contribution >= 0.6 is 0 Å². The van der Waals surface area contributed by atoms with Crippen molar-refractivity contribution in [2.24, 2.45) is 0 Å². The van der Waals surface area contributed by atoms with Gasteiger partial charge in [0.05, 0.1) is 20.8 Å². The topological polar surface area (TPSA) is 65.0 Å². The third kappa shape index (κ3) is 2.87. The van der Waals surface area contributed by atoms with Gasteiger partial charge in [-0.3, -0.25) is 0 Å². The van der Waals surface area contributed by atoms with Crippen molar-refractivity contribution in [3.63, 3.8) is 0 Å². The van der Waals surface area contributed by atoms with Crippen LogP contribution in [0.4, 0.5) is 0 Å². The van der Waals surface area contributed by atoms with Gasteiger partial charge in [-0.1, -0.05) is 0 Å². The molecule has 1 rings (SSSR count). The minimum atomic E-state index is -0.534. The van der Waals surface area contributed by atoms with E-state index in [1.54, 1.807) is 18.2 Å². The summed E-state index contributed by atoms with van der Waals surface area (Å²) in [5, 5.41) is 8.54. The van der Waals surface area contributed by atoms with E-state index in [4.69, 9.17) is 19.3 Å². The van der Waals surface area contributed by atoms with Crippen molar-refractivity contribution < 1.29 is 24.1 Å². The molecule has 0 heterocycles. The molecule has 1 N–H and O–H groups in total. The van der Waals surface area contributed by atoms with E-state index in [-0.39, 0.29) is 13.2 Å². The first-order chi connectivity index (χ1) is 7.72. The molecule has 16 heavy (non-hydrogen) atoms. The maximum absolute atomic E-state index is 11.5. The fourth-order valence-corrected chi connectivity index (χ4v) is 1.18. The van der Waals surface area contributed by atoms with Crippen LogP contribution in [0.25, 0.3) is 0 Å². The normalized spacial score (nSPS) is 9.69. The van der Waals surface area contributed by atoms with Crippen LogP contribution in [0.5, 0.6) is 11.5 Å². The van der Waals surface area contributed by atoms with Crippen molar-refractivity contribution in [2.45, 2.75) is 0 Å². The van der Waals surface area contributed by atoms with Crippen LogP contribution in [0, 0.1) is 0 Å². The minimum Gasteiger partial charge on any atom is -0.497 e. The van der Waals surface area contributed by atoms with E-state index in [2.05, 4.69) is 0 Å². The molecular weight excluding hydrogens is 212 g/mol. The van der Waals surface area contributed by atoms with E-state index in [0.717, 1.165) is 0 Å². The van der Waals surface area contributed by atoms with Crippen LogP contribution in [-0.2, 0) is 4.74 Å². The summed E-state index contributed by atoms with van der Waals surface area (Å²) in [6.07, 6.45) is 0. The number of esters is 1. The Balaban J connectivity index is 2.90. The maximum atomic E-state index is 11.5. The summed E-state index contributed by atoms with van der Waals surface area (Å²) >= 11 is 0. The number of hydrogen-bond donors (Lipinski definition) is 1. The zero-order valence-electron chi connectivity index (χ0n) is 9.23. The standard InChI is InChI=1S/C11H14O5/c1-14-8-3-4-9(10(7-8)15-2)11(13)16-6-5-12/h3-4,7,12H,5-6H2,1-2H3. The highest BCUT2D eigenvalue weighted by atomic mass is 16.5. The summed E-state index contributed by atoms with van der Waals surface area (Å²) in [5.74, 6) is 0.436. The molecule has 0 atom stereocenters. The molecule has 1 aromatic carbocycles. The Morgan fingerprint density at radius 1 is 1.31 bits per heavy atom. The molecule has 0 saturated carbocycles. The second-order valence-electron chi connectivity index (χ2n) is 2.93. The Morgan fingerprint density at radius 3 is 2.62 bits per heavy atom. The Labute approximate surface area is 93.6 Å². The van der Waals surface area contributed by atoms with Crippen molar-refractivity contribution >= 4 is 5.97 Å². The molecule has 5 nitrogen and oxygen atoms in total. The van der Waals surface area contributed by atoms with Crippen LogP contribution in [-0.4, -0.2) is 38.5 Å². The number of hydrogen-bond acceptors (Lipinski definition) is 5. The minimum absolute atomic E-state index is 0.0337. The quantitative estimate of drug-likeness (QED) is 0.754. The average Bonchev–Trinajstić information content (AvgIpc) is 2.34. The Morgan fingerprint density at radius 2 is 2.06 bits per heavy atom. The fourth-order valence-electron chi connectivity index (χ4n) is 1.18. The number of carbonyl (C=O) groups is 1. The lowest BCUT2D eigenvalue weighted by Crippen LogP contribution is -2.10. The van der Waals surface area contributed by atoms with Crippen molar-refractivity contribution in [1.82, 2.24) is 0 Å². The van der Waals surface area contributed by atoms with Gasteiger partial charge in [-0.25, -0.2) is 4.79 Å². The van der Waals surface area contributed by atoms with E-state index in [1.807, 2.05) is 0 Å². The van der Waals surface area contributed by atoms with E-state index < -0.39 is 5.97 Å². The third-order valence-electron chi connectivity index (χ3n) is 1.95. The monoisotopic (exact) mass is 226 g/mol. The van der Waals surface area contributed by atoms with Crippen LogP contribution in [0.15, 0.2) is 18.2 Å². The van der Waals surface area contributed by atoms with Crippen molar-refractivity contribution in [2.75, 3.05) is 27.4 Å². The SMILES string of the molecule is COc1ccc(C(=O)OCCO)c(OC)c1. The first-order valence-electron chi connectivity index (χ1n) is 4.73. The molecule has 0 aromatic heterocycles. The molecule has 5 heteroatoms. The first-order valence-corrected chi connectivity index (χ1v) is 4.73. The van der Waals surface area contributed by atoms with Gasteiger partial charge in [-0.2, -0.15) is 0 Å². The number of aliphatic hydroxyl groups is 1. The van der Waals surface area contributed by atoms with Gasteiger partial charge < -0.3 is 19.3 Å². The van der Waals surface area contributed by atoms with Crippen LogP contribution < -0.4 is 9.47 Å². The molecule has 0 aliphatic heterocycles.